The lowest BCUT2D eigenvalue weighted by Crippen LogP contribution is -2.45. The van der Waals surface area contributed by atoms with E-state index in [1.165, 1.54) is 5.56 Å². The Morgan fingerprint density at radius 2 is 1.96 bits per heavy atom. The van der Waals surface area contributed by atoms with E-state index in [-0.39, 0.29) is 23.4 Å². The van der Waals surface area contributed by atoms with Crippen molar-refractivity contribution in [1.29, 1.82) is 0 Å². The summed E-state index contributed by atoms with van der Waals surface area (Å²) < 4.78 is 5.83. The Labute approximate surface area is 152 Å². The molecule has 0 aliphatic heterocycles. The van der Waals surface area contributed by atoms with Crippen molar-refractivity contribution >= 4 is 5.97 Å². The van der Waals surface area contributed by atoms with E-state index in [2.05, 4.69) is 51.6 Å². The normalized spacial score (nSPS) is 26.5. The van der Waals surface area contributed by atoms with Crippen LogP contribution < -0.4 is 0 Å². The molecule has 0 heterocycles. The van der Waals surface area contributed by atoms with Gasteiger partial charge in [-0.15, -0.1) is 6.58 Å². The Hall–Kier alpha value is -1.61. The molecule has 1 aliphatic rings. The zero-order chi connectivity index (χ0) is 18.6. The van der Waals surface area contributed by atoms with Crippen LogP contribution in [0.15, 0.2) is 43.0 Å². The van der Waals surface area contributed by atoms with Crippen molar-refractivity contribution in [2.24, 2.45) is 17.8 Å². The van der Waals surface area contributed by atoms with Gasteiger partial charge in [0, 0.05) is 11.8 Å². The highest BCUT2D eigenvalue weighted by atomic mass is 16.6. The fourth-order valence-electron chi connectivity index (χ4n) is 3.93. The van der Waals surface area contributed by atoms with E-state index in [0.717, 1.165) is 19.3 Å². The lowest BCUT2D eigenvalue weighted by atomic mass is 9.64. The molecule has 0 spiro atoms. The summed E-state index contributed by atoms with van der Waals surface area (Å²) in [4.78, 5) is 12.4. The maximum Gasteiger partial charge on any atom is 0.335 e. The topological polar surface area (TPSA) is 46.5 Å². The molecular weight excluding hydrogens is 312 g/mol. The van der Waals surface area contributed by atoms with Crippen LogP contribution >= 0.6 is 0 Å². The number of carbonyl (C=O) groups is 1. The second-order valence-electron chi connectivity index (χ2n) is 8.13. The van der Waals surface area contributed by atoms with Gasteiger partial charge in [0.15, 0.2) is 6.10 Å². The van der Waals surface area contributed by atoms with E-state index in [1.54, 1.807) is 13.0 Å². The van der Waals surface area contributed by atoms with E-state index in [4.69, 9.17) is 4.74 Å². The quantitative estimate of drug-likeness (QED) is 0.611. The molecule has 1 aromatic rings. The molecule has 138 valence electrons. The molecule has 0 radical (unpaired) electrons. The third-order valence-electron chi connectivity index (χ3n) is 5.88. The zero-order valence-electron chi connectivity index (χ0n) is 15.9. The van der Waals surface area contributed by atoms with Gasteiger partial charge in [-0.2, -0.15) is 0 Å². The van der Waals surface area contributed by atoms with Crippen molar-refractivity contribution in [1.82, 2.24) is 0 Å². The smallest absolute Gasteiger partial charge is 0.335 e. The number of aliphatic hydroxyl groups is 1. The van der Waals surface area contributed by atoms with Crippen LogP contribution in [-0.2, 0) is 14.9 Å². The van der Waals surface area contributed by atoms with Gasteiger partial charge in [-0.25, -0.2) is 4.79 Å². The van der Waals surface area contributed by atoms with Crippen molar-refractivity contribution in [2.75, 3.05) is 0 Å². The zero-order valence-corrected chi connectivity index (χ0v) is 15.9. The predicted octanol–water partition coefficient (Wildman–Crippen LogP) is 4.50. The van der Waals surface area contributed by atoms with Gasteiger partial charge in [-0.05, 0) is 29.7 Å². The second-order valence-corrected chi connectivity index (χ2v) is 8.13. The standard InChI is InChI=1S/C22H32O3/c1-6-16(3)20(23)21(24)25-19-14-15(2)12-13-18(19)22(4,5)17-10-8-7-9-11-17/h6-11,15-16,18-20,23H,1,12-14H2,2-5H3/t15-,16+,18-,19-,20+/m1/s1. The van der Waals surface area contributed by atoms with Gasteiger partial charge < -0.3 is 9.84 Å². The molecule has 1 N–H and O–H groups in total. The van der Waals surface area contributed by atoms with Gasteiger partial charge in [0.25, 0.3) is 0 Å². The van der Waals surface area contributed by atoms with Crippen LogP contribution in [0, 0.1) is 17.8 Å². The van der Waals surface area contributed by atoms with E-state index < -0.39 is 12.1 Å². The highest BCUT2D eigenvalue weighted by molar-refractivity contribution is 5.75. The van der Waals surface area contributed by atoms with Gasteiger partial charge in [-0.3, -0.25) is 0 Å². The molecule has 0 aromatic heterocycles. The SMILES string of the molecule is C=C[C@H](C)[C@H](O)C(=O)O[C@@H]1C[C@H](C)CC[C@H]1C(C)(C)c1ccccc1. The summed E-state index contributed by atoms with van der Waals surface area (Å²) in [7, 11) is 0. The molecule has 1 aliphatic carbocycles. The number of benzene rings is 1. The highest BCUT2D eigenvalue weighted by Gasteiger charge is 2.42. The fourth-order valence-corrected chi connectivity index (χ4v) is 3.93. The minimum absolute atomic E-state index is 0.0959. The van der Waals surface area contributed by atoms with Crippen molar-refractivity contribution < 1.29 is 14.6 Å². The van der Waals surface area contributed by atoms with Crippen LogP contribution in [0.5, 0.6) is 0 Å². The maximum absolute atomic E-state index is 12.4. The monoisotopic (exact) mass is 344 g/mol. The van der Waals surface area contributed by atoms with Crippen LogP contribution in [0.4, 0.5) is 0 Å². The first-order chi connectivity index (χ1) is 11.8. The van der Waals surface area contributed by atoms with Crippen LogP contribution in [0.3, 0.4) is 0 Å². The number of carbonyl (C=O) groups excluding carboxylic acids is 1. The average molecular weight is 344 g/mol. The molecule has 3 heteroatoms. The summed E-state index contributed by atoms with van der Waals surface area (Å²) in [6.45, 7) is 12.1. The molecule has 0 unspecified atom stereocenters. The minimum atomic E-state index is -1.14. The largest absolute Gasteiger partial charge is 0.460 e. The van der Waals surface area contributed by atoms with Crippen LogP contribution in [0.2, 0.25) is 0 Å². The molecule has 5 atom stereocenters. The van der Waals surface area contributed by atoms with E-state index in [9.17, 15) is 9.90 Å². The first kappa shape index (κ1) is 19.7. The van der Waals surface area contributed by atoms with E-state index in [0.29, 0.717) is 5.92 Å². The Morgan fingerprint density at radius 1 is 1.32 bits per heavy atom. The van der Waals surface area contributed by atoms with Crippen molar-refractivity contribution in [3.05, 3.63) is 48.6 Å². The number of aliphatic hydroxyl groups excluding tert-OH is 1. The molecule has 3 nitrogen and oxygen atoms in total. The average Bonchev–Trinajstić information content (AvgIpc) is 2.60. The number of hydrogen-bond donors (Lipinski definition) is 1. The van der Waals surface area contributed by atoms with Gasteiger partial charge >= 0.3 is 5.97 Å². The van der Waals surface area contributed by atoms with Crippen LogP contribution in [-0.4, -0.2) is 23.3 Å². The summed E-state index contributed by atoms with van der Waals surface area (Å²) in [6.07, 6.45) is 3.28. The molecule has 0 amide bonds. The first-order valence-electron chi connectivity index (χ1n) is 9.34. The lowest BCUT2D eigenvalue weighted by Gasteiger charge is -2.44. The van der Waals surface area contributed by atoms with Crippen molar-refractivity contribution in [3.8, 4) is 0 Å². The molecule has 0 bridgehead atoms. The minimum Gasteiger partial charge on any atom is -0.460 e. The van der Waals surface area contributed by atoms with Gasteiger partial charge in [0.05, 0.1) is 0 Å². The fraction of sp³-hybridized carbons (Fsp3) is 0.591. The third-order valence-corrected chi connectivity index (χ3v) is 5.88. The third kappa shape index (κ3) is 4.52. The van der Waals surface area contributed by atoms with Crippen LogP contribution in [0.1, 0.15) is 52.5 Å². The summed E-state index contributed by atoms with van der Waals surface area (Å²) in [6, 6.07) is 10.4. The van der Waals surface area contributed by atoms with E-state index in [1.807, 2.05) is 6.07 Å². The van der Waals surface area contributed by atoms with E-state index >= 15 is 0 Å². The van der Waals surface area contributed by atoms with Gasteiger partial charge in [0.1, 0.15) is 6.10 Å². The summed E-state index contributed by atoms with van der Waals surface area (Å²) in [5, 5.41) is 10.1. The number of esters is 1. The molecule has 1 saturated carbocycles. The first-order valence-corrected chi connectivity index (χ1v) is 9.34. The number of rotatable bonds is 6. The molecule has 1 aromatic carbocycles. The highest BCUT2D eigenvalue weighted by Crippen LogP contribution is 2.43. The molecule has 1 fully saturated rings. The molecular formula is C22H32O3. The Balaban J connectivity index is 2.20. The summed E-state index contributed by atoms with van der Waals surface area (Å²) in [5.74, 6) is -0.0784. The Bertz CT molecular complexity index is 578. The molecule has 2 rings (SSSR count). The summed E-state index contributed by atoms with van der Waals surface area (Å²) >= 11 is 0. The van der Waals surface area contributed by atoms with Gasteiger partial charge in [0.2, 0.25) is 0 Å². The van der Waals surface area contributed by atoms with Gasteiger partial charge in [-0.1, -0.05) is 70.5 Å². The summed E-state index contributed by atoms with van der Waals surface area (Å²) in [5.41, 5.74) is 1.16. The lowest BCUT2D eigenvalue weighted by molar-refractivity contribution is -0.168. The molecule has 25 heavy (non-hydrogen) atoms. The van der Waals surface area contributed by atoms with Crippen molar-refractivity contribution in [2.45, 2.75) is 64.6 Å². The number of hydrogen-bond acceptors (Lipinski definition) is 3. The maximum atomic E-state index is 12.4. The Morgan fingerprint density at radius 3 is 2.56 bits per heavy atom. The predicted molar refractivity (Wildman–Crippen MR) is 101 cm³/mol. The number of ether oxygens (including phenoxy) is 1. The molecule has 0 saturated heterocycles. The van der Waals surface area contributed by atoms with Crippen molar-refractivity contribution in [3.63, 3.8) is 0 Å². The second kappa shape index (κ2) is 8.18. The Kier molecular flexibility index (Phi) is 6.45. The van der Waals surface area contributed by atoms with Crippen LogP contribution in [0.25, 0.3) is 0 Å².